The minimum atomic E-state index is -0.0286. The van der Waals surface area contributed by atoms with E-state index in [-0.39, 0.29) is 6.04 Å². The Balaban J connectivity index is 1.87. The van der Waals surface area contributed by atoms with Gasteiger partial charge in [0.2, 0.25) is 5.95 Å². The van der Waals surface area contributed by atoms with Crippen molar-refractivity contribution in [3.05, 3.63) is 60.2 Å². The molecule has 2 aromatic carbocycles. The summed E-state index contributed by atoms with van der Waals surface area (Å²) in [6, 6.07) is 17.6. The normalized spacial score (nSPS) is 12.2. The number of anilines is 1. The van der Waals surface area contributed by atoms with Gasteiger partial charge in [-0.3, -0.25) is 0 Å². The molecular weight excluding hydrogens is 250 g/mol. The zero-order chi connectivity index (χ0) is 13.8. The molecule has 0 aliphatic rings. The molecule has 0 radical (unpaired) electrons. The number of rotatable bonds is 4. The van der Waals surface area contributed by atoms with Crippen LogP contribution in [0.15, 0.2) is 54.6 Å². The van der Waals surface area contributed by atoms with Crippen molar-refractivity contribution < 1.29 is 0 Å². The standard InChI is InChI=1S/C15H15N5/c16-10-14(11-6-2-1-3-7-11)18-15-17-12-8-4-5-9-13(12)19-20-15/h1-9,14H,10,16H2,(H,17,18,20). The Hall–Kier alpha value is -2.53. The molecule has 0 amide bonds. The molecular formula is C15H15N5. The van der Waals surface area contributed by atoms with Gasteiger partial charge in [0.25, 0.3) is 0 Å². The van der Waals surface area contributed by atoms with Crippen molar-refractivity contribution in [3.8, 4) is 0 Å². The first-order chi connectivity index (χ1) is 9.86. The van der Waals surface area contributed by atoms with Crippen molar-refractivity contribution in [3.63, 3.8) is 0 Å². The lowest BCUT2D eigenvalue weighted by Gasteiger charge is -2.16. The van der Waals surface area contributed by atoms with E-state index in [0.29, 0.717) is 12.5 Å². The van der Waals surface area contributed by atoms with Crippen molar-refractivity contribution in [2.45, 2.75) is 6.04 Å². The van der Waals surface area contributed by atoms with Crippen LogP contribution in [0, 0.1) is 0 Å². The second kappa shape index (κ2) is 5.63. The highest BCUT2D eigenvalue weighted by Gasteiger charge is 2.11. The summed E-state index contributed by atoms with van der Waals surface area (Å²) in [5, 5.41) is 11.5. The molecule has 3 N–H and O–H groups in total. The minimum absolute atomic E-state index is 0.0286. The first-order valence-corrected chi connectivity index (χ1v) is 6.48. The van der Waals surface area contributed by atoms with Crippen LogP contribution in [0.2, 0.25) is 0 Å². The predicted molar refractivity (Wildman–Crippen MR) is 79.2 cm³/mol. The van der Waals surface area contributed by atoms with E-state index in [4.69, 9.17) is 5.73 Å². The van der Waals surface area contributed by atoms with Crippen molar-refractivity contribution >= 4 is 17.0 Å². The molecule has 0 aliphatic heterocycles. The third-order valence-electron chi connectivity index (χ3n) is 3.10. The summed E-state index contributed by atoms with van der Waals surface area (Å²) in [4.78, 5) is 4.45. The Labute approximate surface area is 116 Å². The number of aromatic nitrogens is 3. The number of hydrogen-bond acceptors (Lipinski definition) is 5. The first kappa shape index (κ1) is 12.5. The van der Waals surface area contributed by atoms with E-state index in [1.165, 1.54) is 0 Å². The fraction of sp³-hybridized carbons (Fsp3) is 0.133. The van der Waals surface area contributed by atoms with E-state index < -0.39 is 0 Å². The van der Waals surface area contributed by atoms with Crippen molar-refractivity contribution in [1.82, 2.24) is 15.2 Å². The van der Waals surface area contributed by atoms with Crippen LogP contribution >= 0.6 is 0 Å². The fourth-order valence-corrected chi connectivity index (χ4v) is 2.06. The maximum atomic E-state index is 5.83. The molecule has 3 aromatic rings. The second-order valence-corrected chi connectivity index (χ2v) is 4.47. The molecule has 0 bridgehead atoms. The average molecular weight is 265 g/mol. The summed E-state index contributed by atoms with van der Waals surface area (Å²) in [5.41, 5.74) is 8.52. The van der Waals surface area contributed by atoms with Crippen molar-refractivity contribution in [2.24, 2.45) is 5.73 Å². The van der Waals surface area contributed by atoms with Gasteiger partial charge in [-0.15, -0.1) is 10.2 Å². The SMILES string of the molecule is NCC(Nc1nnc2ccccc2n1)c1ccccc1. The molecule has 0 fully saturated rings. The van der Waals surface area contributed by atoms with Crippen LogP contribution < -0.4 is 11.1 Å². The summed E-state index contributed by atoms with van der Waals surface area (Å²) in [5.74, 6) is 0.489. The lowest BCUT2D eigenvalue weighted by molar-refractivity contribution is 0.772. The van der Waals surface area contributed by atoms with Crippen LogP contribution in [0.3, 0.4) is 0 Å². The van der Waals surface area contributed by atoms with E-state index in [1.54, 1.807) is 0 Å². The molecule has 0 saturated heterocycles. The highest BCUT2D eigenvalue weighted by molar-refractivity contribution is 5.74. The molecule has 20 heavy (non-hydrogen) atoms. The van der Waals surface area contributed by atoms with Gasteiger partial charge in [-0.1, -0.05) is 42.5 Å². The van der Waals surface area contributed by atoms with Gasteiger partial charge in [0.1, 0.15) is 5.52 Å². The second-order valence-electron chi connectivity index (χ2n) is 4.47. The number of fused-ring (bicyclic) bond motifs is 1. The monoisotopic (exact) mass is 265 g/mol. The van der Waals surface area contributed by atoms with Gasteiger partial charge < -0.3 is 11.1 Å². The van der Waals surface area contributed by atoms with Gasteiger partial charge in [-0.2, -0.15) is 0 Å². The van der Waals surface area contributed by atoms with E-state index in [0.717, 1.165) is 16.6 Å². The molecule has 5 nitrogen and oxygen atoms in total. The Kier molecular flexibility index (Phi) is 3.52. The lowest BCUT2D eigenvalue weighted by atomic mass is 10.1. The van der Waals surface area contributed by atoms with Crippen LogP contribution in [-0.4, -0.2) is 21.7 Å². The van der Waals surface area contributed by atoms with E-state index in [1.807, 2.05) is 54.6 Å². The van der Waals surface area contributed by atoms with E-state index >= 15 is 0 Å². The number of para-hydroxylation sites is 1. The minimum Gasteiger partial charge on any atom is -0.345 e. The maximum absolute atomic E-state index is 5.83. The molecule has 3 rings (SSSR count). The largest absolute Gasteiger partial charge is 0.345 e. The Morgan fingerprint density at radius 2 is 1.60 bits per heavy atom. The summed E-state index contributed by atoms with van der Waals surface area (Å²) >= 11 is 0. The first-order valence-electron chi connectivity index (χ1n) is 6.48. The lowest BCUT2D eigenvalue weighted by Crippen LogP contribution is -2.21. The average Bonchev–Trinajstić information content (AvgIpc) is 2.53. The van der Waals surface area contributed by atoms with Crippen LogP contribution in [0.4, 0.5) is 5.95 Å². The maximum Gasteiger partial charge on any atom is 0.243 e. The molecule has 5 heteroatoms. The summed E-state index contributed by atoms with van der Waals surface area (Å²) in [7, 11) is 0. The number of nitrogens with two attached hydrogens (primary N) is 1. The number of hydrogen-bond donors (Lipinski definition) is 2. The third kappa shape index (κ3) is 2.57. The van der Waals surface area contributed by atoms with Crippen molar-refractivity contribution in [2.75, 3.05) is 11.9 Å². The third-order valence-corrected chi connectivity index (χ3v) is 3.10. The van der Waals surface area contributed by atoms with Crippen LogP contribution in [0.5, 0.6) is 0 Å². The van der Waals surface area contributed by atoms with Gasteiger partial charge >= 0.3 is 0 Å². The molecule has 1 heterocycles. The van der Waals surface area contributed by atoms with Gasteiger partial charge in [0.05, 0.1) is 11.6 Å². The van der Waals surface area contributed by atoms with E-state index in [9.17, 15) is 0 Å². The Bertz CT molecular complexity index is 699. The zero-order valence-electron chi connectivity index (χ0n) is 10.9. The van der Waals surface area contributed by atoms with Crippen LogP contribution in [-0.2, 0) is 0 Å². The summed E-state index contributed by atoms with van der Waals surface area (Å²) < 4.78 is 0. The number of nitrogens with zero attached hydrogens (tertiary/aromatic N) is 3. The van der Waals surface area contributed by atoms with E-state index in [2.05, 4.69) is 20.5 Å². The quantitative estimate of drug-likeness (QED) is 0.755. The molecule has 1 atom stereocenters. The fourth-order valence-electron chi connectivity index (χ4n) is 2.06. The zero-order valence-corrected chi connectivity index (χ0v) is 10.9. The van der Waals surface area contributed by atoms with Gasteiger partial charge in [0.15, 0.2) is 0 Å². The number of benzene rings is 2. The molecule has 0 aliphatic carbocycles. The summed E-state index contributed by atoms with van der Waals surface area (Å²) in [6.45, 7) is 0.459. The Morgan fingerprint density at radius 3 is 2.35 bits per heavy atom. The molecule has 100 valence electrons. The topological polar surface area (TPSA) is 76.7 Å². The highest BCUT2D eigenvalue weighted by atomic mass is 15.2. The number of nitrogens with one attached hydrogen (secondary N) is 1. The molecule has 1 aromatic heterocycles. The predicted octanol–water partition coefficient (Wildman–Crippen LogP) is 2.14. The molecule has 0 saturated carbocycles. The van der Waals surface area contributed by atoms with Crippen molar-refractivity contribution in [1.29, 1.82) is 0 Å². The highest BCUT2D eigenvalue weighted by Crippen LogP contribution is 2.16. The van der Waals surface area contributed by atoms with Gasteiger partial charge in [-0.05, 0) is 17.7 Å². The summed E-state index contributed by atoms with van der Waals surface area (Å²) in [6.07, 6.45) is 0. The smallest absolute Gasteiger partial charge is 0.243 e. The van der Waals surface area contributed by atoms with Gasteiger partial charge in [-0.25, -0.2) is 4.98 Å². The van der Waals surface area contributed by atoms with Gasteiger partial charge in [0, 0.05) is 6.54 Å². The Morgan fingerprint density at radius 1 is 0.900 bits per heavy atom. The van der Waals surface area contributed by atoms with Crippen LogP contribution in [0.1, 0.15) is 11.6 Å². The molecule has 1 unspecified atom stereocenters. The van der Waals surface area contributed by atoms with Crippen LogP contribution in [0.25, 0.3) is 11.0 Å². The molecule has 0 spiro atoms.